The lowest BCUT2D eigenvalue weighted by Crippen LogP contribution is -2.65. The molecule has 0 spiro atoms. The molecule has 30 heavy (non-hydrogen) atoms. The van der Waals surface area contributed by atoms with Crippen LogP contribution in [-0.2, 0) is 40.1 Å². The van der Waals surface area contributed by atoms with E-state index in [4.69, 9.17) is 0 Å². The lowest BCUT2D eigenvalue weighted by Gasteiger charge is -2.31. The van der Waals surface area contributed by atoms with Gasteiger partial charge in [0.25, 0.3) is 30.1 Å². The number of halogens is 6. The van der Waals surface area contributed by atoms with Gasteiger partial charge in [0.15, 0.2) is 0 Å². The molecule has 0 atom stereocenters. The first kappa shape index (κ1) is 26.6. The van der Waals surface area contributed by atoms with Gasteiger partial charge in [-0.2, -0.15) is 26.3 Å². The van der Waals surface area contributed by atoms with Gasteiger partial charge >= 0.3 is 16.4 Å². The molecule has 0 saturated heterocycles. The third kappa shape index (κ3) is 4.72. The van der Waals surface area contributed by atoms with Crippen molar-refractivity contribution >= 4 is 40.1 Å². The van der Waals surface area contributed by atoms with Crippen molar-refractivity contribution in [2.45, 2.75) is 21.3 Å². The second kappa shape index (κ2) is 7.58. The van der Waals surface area contributed by atoms with Crippen molar-refractivity contribution in [2.24, 2.45) is 0 Å². The highest BCUT2D eigenvalue weighted by atomic mass is 32.3. The van der Waals surface area contributed by atoms with E-state index in [1.54, 1.807) is 0 Å². The summed E-state index contributed by atoms with van der Waals surface area (Å²) in [6.45, 7) is 0. The summed E-state index contributed by atoms with van der Waals surface area (Å²) < 4.78 is 174. The summed E-state index contributed by atoms with van der Waals surface area (Å²) in [7, 11) is -25.2. The Hall–Kier alpha value is -1.48. The van der Waals surface area contributed by atoms with Crippen molar-refractivity contribution in [3.8, 4) is 0 Å². The van der Waals surface area contributed by atoms with Gasteiger partial charge in [0.05, 0.1) is 11.2 Å². The second-order valence-electron chi connectivity index (χ2n) is 5.37. The molecular formula is C10H10F6N2O8S4. The molecule has 0 unspecified atom stereocenters. The molecule has 0 bridgehead atoms. The highest BCUT2D eigenvalue weighted by Crippen LogP contribution is 2.50. The van der Waals surface area contributed by atoms with Crippen molar-refractivity contribution in [1.82, 2.24) is 8.25 Å². The van der Waals surface area contributed by atoms with E-state index in [1.807, 2.05) is 0 Å². The average Bonchev–Trinajstić information content (AvgIpc) is 2.51. The maximum absolute atomic E-state index is 13.9. The van der Waals surface area contributed by atoms with Crippen LogP contribution >= 0.6 is 0 Å². The van der Waals surface area contributed by atoms with Crippen LogP contribution in [0.15, 0.2) is 35.2 Å². The average molecular weight is 528 g/mol. The maximum atomic E-state index is 13.9. The third-order valence-electron chi connectivity index (χ3n) is 2.94. The predicted octanol–water partition coefficient (Wildman–Crippen LogP) is -0.00540. The minimum absolute atomic E-state index is 0.0129. The van der Waals surface area contributed by atoms with Gasteiger partial charge in [0.1, 0.15) is 0 Å². The van der Waals surface area contributed by atoms with E-state index >= 15 is 0 Å². The zero-order chi connectivity index (χ0) is 24.0. The van der Waals surface area contributed by atoms with Crippen molar-refractivity contribution in [1.29, 1.82) is 0 Å². The van der Waals surface area contributed by atoms with Gasteiger partial charge in [-0.3, -0.25) is 0 Å². The summed E-state index contributed by atoms with van der Waals surface area (Å²) in [6, 6.07) is 4.37. The van der Waals surface area contributed by atoms with Gasteiger partial charge in [-0.1, -0.05) is 22.3 Å². The normalized spacial score (nSPS) is 15.2. The van der Waals surface area contributed by atoms with Gasteiger partial charge in [0, 0.05) is 0 Å². The fourth-order valence-corrected chi connectivity index (χ4v) is 7.09. The van der Waals surface area contributed by atoms with Crippen molar-refractivity contribution in [2.75, 3.05) is 6.26 Å². The number of nitrogens with one attached hydrogen (secondary N) is 2. The Bertz CT molecular complexity index is 1230. The lowest BCUT2D eigenvalue weighted by atomic mass is 10.3. The number of rotatable bonds is 9. The summed E-state index contributed by atoms with van der Waals surface area (Å²) >= 11 is 0. The minimum Gasteiger partial charge on any atom is -0.212 e. The Morgan fingerprint density at radius 3 is 1.40 bits per heavy atom. The van der Waals surface area contributed by atoms with Crippen LogP contribution in [0.5, 0.6) is 0 Å². The number of alkyl halides is 6. The van der Waals surface area contributed by atoms with E-state index < -0.39 is 61.4 Å². The molecule has 174 valence electrons. The van der Waals surface area contributed by atoms with E-state index in [9.17, 15) is 60.0 Å². The van der Waals surface area contributed by atoms with Crippen molar-refractivity contribution in [3.63, 3.8) is 0 Å². The van der Waals surface area contributed by atoms with Crippen molar-refractivity contribution < 1.29 is 60.0 Å². The van der Waals surface area contributed by atoms with Crippen LogP contribution in [0.25, 0.3) is 0 Å². The highest BCUT2D eigenvalue weighted by Gasteiger charge is 2.82. The molecule has 2 N–H and O–H groups in total. The number of benzene rings is 1. The summed E-state index contributed by atoms with van der Waals surface area (Å²) in [5.74, 6) is -7.35. The van der Waals surface area contributed by atoms with Gasteiger partial charge < -0.3 is 0 Å². The van der Waals surface area contributed by atoms with Crippen LogP contribution in [0.4, 0.5) is 26.3 Å². The predicted molar refractivity (Wildman–Crippen MR) is 87.4 cm³/mol. The zero-order valence-electron chi connectivity index (χ0n) is 14.1. The lowest BCUT2D eigenvalue weighted by molar-refractivity contribution is -0.244. The van der Waals surface area contributed by atoms with E-state index in [0.717, 1.165) is 12.1 Å². The summed E-state index contributed by atoms with van der Waals surface area (Å²) in [5, 5.41) is -14.1. The molecular weight excluding hydrogens is 518 g/mol. The molecule has 0 heterocycles. The molecule has 20 heteroatoms. The molecule has 10 nitrogen and oxygen atoms in total. The molecule has 0 amide bonds. The van der Waals surface area contributed by atoms with Gasteiger partial charge in [-0.25, -0.2) is 33.7 Å². The first-order valence-corrected chi connectivity index (χ1v) is 13.1. The molecule has 0 aliphatic rings. The summed E-state index contributed by atoms with van der Waals surface area (Å²) in [5.41, 5.74) is 0. The molecule has 1 aromatic rings. The van der Waals surface area contributed by atoms with Crippen molar-refractivity contribution in [3.05, 3.63) is 30.3 Å². The maximum Gasteiger partial charge on any atom is 0.429 e. The van der Waals surface area contributed by atoms with Crippen LogP contribution in [0.3, 0.4) is 0 Å². The zero-order valence-corrected chi connectivity index (χ0v) is 17.3. The summed E-state index contributed by atoms with van der Waals surface area (Å²) in [6.07, 6.45) is -0.109. The molecule has 1 rings (SSSR count). The first-order chi connectivity index (χ1) is 13.0. The number of hydrogen-bond donors (Lipinski definition) is 2. The van der Waals surface area contributed by atoms with Gasteiger partial charge in [-0.05, 0) is 12.1 Å². The van der Waals surface area contributed by atoms with Gasteiger partial charge in [-0.15, -0.1) is 4.13 Å². The van der Waals surface area contributed by atoms with E-state index in [2.05, 4.69) is 0 Å². The Balaban J connectivity index is 3.52. The quantitative estimate of drug-likeness (QED) is 0.424. The van der Waals surface area contributed by atoms with Gasteiger partial charge in [0.2, 0.25) is 10.0 Å². The molecule has 0 aromatic heterocycles. The Morgan fingerprint density at radius 1 is 0.667 bits per heavy atom. The van der Waals surface area contributed by atoms with Crippen LogP contribution in [-0.4, -0.2) is 56.4 Å². The minimum atomic E-state index is -7.35. The van der Waals surface area contributed by atoms with E-state index in [-0.39, 0.29) is 14.5 Å². The molecule has 1 aromatic carbocycles. The standard InChI is InChI=1S/C10H10F6N2O8S4/c1-27(19,20)17-29(23,24)9(13,14)8(11,12)10(15,16)30(25,26)18-28(21,22)7-5-3-2-4-6-7/h2-6,17-18H,1H3. The second-order valence-corrected chi connectivity index (χ2v) is 12.8. The molecule has 0 aliphatic heterocycles. The topological polar surface area (TPSA) is 161 Å². The Morgan fingerprint density at radius 2 is 1.03 bits per heavy atom. The van der Waals surface area contributed by atoms with E-state index in [1.165, 1.54) is 6.07 Å². The molecule has 0 saturated carbocycles. The molecule has 0 radical (unpaired) electrons. The fourth-order valence-electron chi connectivity index (χ4n) is 1.60. The number of hydrogen-bond acceptors (Lipinski definition) is 8. The summed E-state index contributed by atoms with van der Waals surface area (Å²) in [4.78, 5) is -1.05. The van der Waals surface area contributed by atoms with Crippen LogP contribution < -0.4 is 8.25 Å². The monoisotopic (exact) mass is 528 g/mol. The van der Waals surface area contributed by atoms with Crippen LogP contribution in [0.1, 0.15) is 0 Å². The Kier molecular flexibility index (Phi) is 6.71. The molecule has 0 aliphatic carbocycles. The molecule has 0 fully saturated rings. The van der Waals surface area contributed by atoms with E-state index in [0.29, 0.717) is 12.1 Å². The Labute approximate surface area is 166 Å². The van der Waals surface area contributed by atoms with Crippen LogP contribution in [0, 0.1) is 0 Å². The fraction of sp³-hybridized carbons (Fsp3) is 0.400. The van der Waals surface area contributed by atoms with Crippen LogP contribution in [0.2, 0.25) is 0 Å². The highest BCUT2D eigenvalue weighted by molar-refractivity contribution is 8.06. The largest absolute Gasteiger partial charge is 0.429 e. The third-order valence-corrected chi connectivity index (χ3v) is 9.54. The SMILES string of the molecule is CS(=O)(=O)NS(=O)(=O)C(F)(F)C(F)(F)C(F)(F)S(=O)(=O)NS(=O)(=O)c1ccccc1. The first-order valence-electron chi connectivity index (χ1n) is 6.72. The smallest absolute Gasteiger partial charge is 0.212 e. The number of sulfonamides is 4.